The van der Waals surface area contributed by atoms with Gasteiger partial charge in [-0.25, -0.2) is 0 Å². The third-order valence-electron chi connectivity index (χ3n) is 6.17. The molecule has 1 atom stereocenters. The number of likely N-dealkylation sites (tertiary alicyclic amines) is 1. The van der Waals surface area contributed by atoms with Crippen LogP contribution in [0.3, 0.4) is 0 Å². The van der Waals surface area contributed by atoms with E-state index < -0.39 is 0 Å². The van der Waals surface area contributed by atoms with Gasteiger partial charge >= 0.3 is 5.97 Å². The molecular weight excluding hydrogens is 302 g/mol. The molecule has 136 valence electrons. The van der Waals surface area contributed by atoms with Crippen molar-refractivity contribution in [3.63, 3.8) is 0 Å². The fourth-order valence-electron chi connectivity index (χ4n) is 4.27. The zero-order chi connectivity index (χ0) is 17.3. The molecule has 1 saturated heterocycles. The van der Waals surface area contributed by atoms with E-state index in [-0.39, 0.29) is 29.8 Å². The second-order valence-corrected chi connectivity index (χ2v) is 9.17. The molecule has 4 nitrogen and oxygen atoms in total. The lowest BCUT2D eigenvalue weighted by molar-refractivity contribution is -0.159. The van der Waals surface area contributed by atoms with Crippen LogP contribution in [0.2, 0.25) is 0 Å². The molecule has 2 aliphatic carbocycles. The second kappa shape index (κ2) is 7.05. The van der Waals surface area contributed by atoms with Gasteiger partial charge in [-0.15, -0.1) is 0 Å². The van der Waals surface area contributed by atoms with Crippen molar-refractivity contribution in [2.45, 2.75) is 78.2 Å². The molecule has 4 heteroatoms. The van der Waals surface area contributed by atoms with Gasteiger partial charge in [-0.2, -0.15) is 0 Å². The summed E-state index contributed by atoms with van der Waals surface area (Å²) in [6, 6.07) is 0. The Kier molecular flexibility index (Phi) is 5.22. The standard InChI is InChI=1S/C20H33NO3/c1-20(2,3)16-8-10-17(11-9-16)24-19(23)15-5-4-12-21(13-15)18(22)14-6-7-14/h14-17H,4-13H2,1-3H3/t15-,16?,17?/m1/s1. The molecule has 0 aromatic carbocycles. The average molecular weight is 335 g/mol. The van der Waals surface area contributed by atoms with Crippen LogP contribution in [0.15, 0.2) is 0 Å². The largest absolute Gasteiger partial charge is 0.462 e. The Bertz CT molecular complexity index is 470. The predicted octanol–water partition coefficient (Wildman–Crippen LogP) is 3.78. The topological polar surface area (TPSA) is 46.6 Å². The van der Waals surface area contributed by atoms with Crippen molar-refractivity contribution in [2.24, 2.45) is 23.2 Å². The summed E-state index contributed by atoms with van der Waals surface area (Å²) < 4.78 is 5.82. The number of amides is 1. The van der Waals surface area contributed by atoms with Crippen LogP contribution in [0.1, 0.15) is 72.1 Å². The Hall–Kier alpha value is -1.06. The molecule has 0 bridgehead atoms. The lowest BCUT2D eigenvalue weighted by Gasteiger charge is -2.37. The molecule has 0 aromatic heterocycles. The van der Waals surface area contributed by atoms with Gasteiger partial charge < -0.3 is 9.64 Å². The minimum atomic E-state index is -0.109. The van der Waals surface area contributed by atoms with E-state index in [4.69, 9.17) is 4.74 Å². The van der Waals surface area contributed by atoms with Crippen LogP contribution in [-0.2, 0) is 14.3 Å². The van der Waals surface area contributed by atoms with Crippen molar-refractivity contribution < 1.29 is 14.3 Å². The Morgan fingerprint density at radius 2 is 1.58 bits per heavy atom. The number of piperidine rings is 1. The molecule has 2 saturated carbocycles. The summed E-state index contributed by atoms with van der Waals surface area (Å²) >= 11 is 0. The van der Waals surface area contributed by atoms with E-state index in [1.54, 1.807) is 0 Å². The highest BCUT2D eigenvalue weighted by atomic mass is 16.5. The third kappa shape index (κ3) is 4.31. The van der Waals surface area contributed by atoms with Gasteiger partial charge in [0.05, 0.1) is 5.92 Å². The molecule has 0 N–H and O–H groups in total. The molecule has 3 fully saturated rings. The number of nitrogens with zero attached hydrogens (tertiary/aromatic N) is 1. The van der Waals surface area contributed by atoms with Gasteiger partial charge in [0.2, 0.25) is 5.91 Å². The van der Waals surface area contributed by atoms with Crippen molar-refractivity contribution in [2.75, 3.05) is 13.1 Å². The van der Waals surface area contributed by atoms with Gasteiger partial charge in [0.1, 0.15) is 6.10 Å². The normalized spacial score (nSPS) is 31.6. The lowest BCUT2D eigenvalue weighted by atomic mass is 9.72. The van der Waals surface area contributed by atoms with Crippen molar-refractivity contribution in [1.82, 2.24) is 4.90 Å². The summed E-state index contributed by atoms with van der Waals surface area (Å²) in [6.07, 6.45) is 8.22. The van der Waals surface area contributed by atoms with Gasteiger partial charge in [-0.1, -0.05) is 20.8 Å². The van der Waals surface area contributed by atoms with Crippen LogP contribution in [-0.4, -0.2) is 36.0 Å². The van der Waals surface area contributed by atoms with E-state index in [1.165, 1.54) is 0 Å². The summed E-state index contributed by atoms with van der Waals surface area (Å²) in [6.45, 7) is 8.30. The van der Waals surface area contributed by atoms with Gasteiger partial charge in [-0.05, 0) is 62.7 Å². The average Bonchev–Trinajstić information content (AvgIpc) is 3.39. The predicted molar refractivity (Wildman–Crippen MR) is 93.3 cm³/mol. The molecule has 1 amide bonds. The first-order chi connectivity index (χ1) is 11.3. The van der Waals surface area contributed by atoms with E-state index in [1.807, 2.05) is 4.90 Å². The van der Waals surface area contributed by atoms with Crippen molar-refractivity contribution in [3.8, 4) is 0 Å². The van der Waals surface area contributed by atoms with Crippen molar-refractivity contribution in [3.05, 3.63) is 0 Å². The fourth-order valence-corrected chi connectivity index (χ4v) is 4.27. The molecule has 24 heavy (non-hydrogen) atoms. The number of ether oxygens (including phenoxy) is 1. The summed E-state index contributed by atoms with van der Waals surface area (Å²) in [5, 5.41) is 0. The van der Waals surface area contributed by atoms with Crippen LogP contribution in [0, 0.1) is 23.2 Å². The molecule has 3 rings (SSSR count). The molecule has 0 aromatic rings. The third-order valence-corrected chi connectivity index (χ3v) is 6.17. The SMILES string of the molecule is CC(C)(C)C1CCC(OC(=O)[C@@H]2CCCN(C(=O)C3CC3)C2)CC1. The highest BCUT2D eigenvalue weighted by Gasteiger charge is 2.38. The summed E-state index contributed by atoms with van der Waals surface area (Å²) in [4.78, 5) is 26.7. The highest BCUT2D eigenvalue weighted by molar-refractivity contribution is 5.82. The van der Waals surface area contributed by atoms with Gasteiger partial charge in [0.15, 0.2) is 0 Å². The number of hydrogen-bond acceptors (Lipinski definition) is 3. The number of carbonyl (C=O) groups excluding carboxylic acids is 2. The maximum Gasteiger partial charge on any atom is 0.311 e. The van der Waals surface area contributed by atoms with Gasteiger partial charge in [-0.3, -0.25) is 9.59 Å². The molecule has 1 heterocycles. The van der Waals surface area contributed by atoms with Gasteiger partial charge in [0.25, 0.3) is 0 Å². The quantitative estimate of drug-likeness (QED) is 0.737. The number of hydrogen-bond donors (Lipinski definition) is 0. The van der Waals surface area contributed by atoms with Crippen molar-refractivity contribution in [1.29, 1.82) is 0 Å². The second-order valence-electron chi connectivity index (χ2n) is 9.17. The summed E-state index contributed by atoms with van der Waals surface area (Å²) in [5.41, 5.74) is 0.349. The van der Waals surface area contributed by atoms with Crippen LogP contribution in [0.25, 0.3) is 0 Å². The Morgan fingerprint density at radius 1 is 0.917 bits per heavy atom. The first-order valence-electron chi connectivity index (χ1n) is 9.84. The molecular formula is C20H33NO3. The first kappa shape index (κ1) is 17.8. The van der Waals surface area contributed by atoms with E-state index in [9.17, 15) is 9.59 Å². The van der Waals surface area contributed by atoms with Crippen LogP contribution in [0.4, 0.5) is 0 Å². The molecule has 0 radical (unpaired) electrons. The Balaban J connectivity index is 1.46. The smallest absolute Gasteiger partial charge is 0.311 e. The first-order valence-corrected chi connectivity index (χ1v) is 9.84. The van der Waals surface area contributed by atoms with E-state index >= 15 is 0 Å². The summed E-state index contributed by atoms with van der Waals surface area (Å²) in [7, 11) is 0. The minimum Gasteiger partial charge on any atom is -0.462 e. The molecule has 0 unspecified atom stereocenters. The highest BCUT2D eigenvalue weighted by Crippen LogP contribution is 2.39. The number of rotatable bonds is 3. The van der Waals surface area contributed by atoms with E-state index in [0.29, 0.717) is 12.0 Å². The number of esters is 1. The van der Waals surface area contributed by atoms with E-state index in [2.05, 4.69) is 20.8 Å². The zero-order valence-corrected chi connectivity index (χ0v) is 15.6. The van der Waals surface area contributed by atoms with E-state index in [0.717, 1.165) is 63.8 Å². The molecule has 0 spiro atoms. The Morgan fingerprint density at radius 3 is 2.17 bits per heavy atom. The van der Waals surface area contributed by atoms with Crippen molar-refractivity contribution >= 4 is 11.9 Å². The maximum absolute atomic E-state index is 12.5. The lowest BCUT2D eigenvalue weighted by Crippen LogP contribution is -2.44. The maximum atomic E-state index is 12.5. The van der Waals surface area contributed by atoms with Crippen LogP contribution < -0.4 is 0 Å². The van der Waals surface area contributed by atoms with Crippen LogP contribution in [0.5, 0.6) is 0 Å². The number of carbonyl (C=O) groups is 2. The fraction of sp³-hybridized carbons (Fsp3) is 0.900. The minimum absolute atomic E-state index is 0.0671. The summed E-state index contributed by atoms with van der Waals surface area (Å²) in [5.74, 6) is 1.06. The van der Waals surface area contributed by atoms with Gasteiger partial charge in [0, 0.05) is 19.0 Å². The monoisotopic (exact) mass is 335 g/mol. The molecule has 1 aliphatic heterocycles. The molecule has 3 aliphatic rings. The van der Waals surface area contributed by atoms with Crippen LogP contribution >= 0.6 is 0 Å². The Labute approximate surface area is 146 Å². The zero-order valence-electron chi connectivity index (χ0n) is 15.6.